The van der Waals surface area contributed by atoms with Gasteiger partial charge in [0.2, 0.25) is 0 Å². The lowest BCUT2D eigenvalue weighted by molar-refractivity contribution is -0.286. The van der Waals surface area contributed by atoms with Crippen LogP contribution in [0.2, 0.25) is 0 Å². The molecule has 0 aromatic rings. The van der Waals surface area contributed by atoms with Gasteiger partial charge in [0.15, 0.2) is 0 Å². The van der Waals surface area contributed by atoms with Gasteiger partial charge >= 0.3 is 18.1 Å². The highest BCUT2D eigenvalue weighted by Crippen LogP contribution is 2.36. The highest BCUT2D eigenvalue weighted by molar-refractivity contribution is 5.70. The maximum atomic E-state index is 12.6. The first-order valence-electron chi connectivity index (χ1n) is 4.53. The highest BCUT2D eigenvalue weighted by atomic mass is 19.4. The van der Waals surface area contributed by atoms with E-state index in [0.717, 1.165) is 4.90 Å². The molecule has 1 rings (SSSR count). The number of carboxylic acids is 1. The van der Waals surface area contributed by atoms with E-state index in [2.05, 4.69) is 0 Å². The standard InChI is InChI=1S/C8H10F5NO2/c9-7(10,8(11,12)13)4-14-2-1-5(3-14)6(15)16/h5H,1-4H2,(H,15,16). The second-order valence-corrected chi connectivity index (χ2v) is 3.76. The predicted octanol–water partition coefficient (Wildman–Crippen LogP) is 1.59. The van der Waals surface area contributed by atoms with Crippen LogP contribution in [0.1, 0.15) is 6.42 Å². The van der Waals surface area contributed by atoms with E-state index in [0.29, 0.717) is 0 Å². The summed E-state index contributed by atoms with van der Waals surface area (Å²) in [5.41, 5.74) is 0. The summed E-state index contributed by atoms with van der Waals surface area (Å²) in [6.45, 7) is -1.79. The summed E-state index contributed by atoms with van der Waals surface area (Å²) >= 11 is 0. The molecule has 0 radical (unpaired) electrons. The molecule has 1 atom stereocenters. The molecule has 0 bridgehead atoms. The van der Waals surface area contributed by atoms with Crippen molar-refractivity contribution in [2.75, 3.05) is 19.6 Å². The van der Waals surface area contributed by atoms with Crippen LogP contribution in [0.4, 0.5) is 22.0 Å². The monoisotopic (exact) mass is 247 g/mol. The molecule has 0 aromatic carbocycles. The first-order chi connectivity index (χ1) is 7.13. The van der Waals surface area contributed by atoms with Gasteiger partial charge in [0.05, 0.1) is 12.5 Å². The molecule has 8 heteroatoms. The largest absolute Gasteiger partial charge is 0.481 e. The molecule has 1 aliphatic heterocycles. The van der Waals surface area contributed by atoms with Gasteiger partial charge in [-0.05, 0) is 13.0 Å². The minimum absolute atomic E-state index is 0.0529. The maximum absolute atomic E-state index is 12.6. The molecule has 0 aromatic heterocycles. The number of likely N-dealkylation sites (tertiary alicyclic amines) is 1. The van der Waals surface area contributed by atoms with Gasteiger partial charge in [0.1, 0.15) is 0 Å². The number of halogens is 5. The molecule has 0 saturated carbocycles. The van der Waals surface area contributed by atoms with Crippen molar-refractivity contribution < 1.29 is 31.9 Å². The van der Waals surface area contributed by atoms with Gasteiger partial charge in [-0.1, -0.05) is 0 Å². The molecule has 1 aliphatic rings. The number of hydrogen-bond acceptors (Lipinski definition) is 2. The van der Waals surface area contributed by atoms with E-state index in [1.165, 1.54) is 0 Å². The Morgan fingerprint density at radius 1 is 1.31 bits per heavy atom. The summed E-state index contributed by atoms with van der Waals surface area (Å²) in [4.78, 5) is 11.3. The third kappa shape index (κ3) is 2.81. The maximum Gasteiger partial charge on any atom is 0.454 e. The molecule has 3 nitrogen and oxygen atoms in total. The van der Waals surface area contributed by atoms with Gasteiger partial charge < -0.3 is 5.11 Å². The number of alkyl halides is 5. The Kier molecular flexibility index (Phi) is 3.41. The summed E-state index contributed by atoms with van der Waals surface area (Å²) in [5.74, 6) is -6.82. The Balaban J connectivity index is 2.54. The summed E-state index contributed by atoms with van der Waals surface area (Å²) in [6, 6.07) is 0. The molecule has 1 fully saturated rings. The molecule has 0 amide bonds. The van der Waals surface area contributed by atoms with Crippen LogP contribution < -0.4 is 0 Å². The van der Waals surface area contributed by atoms with Gasteiger partial charge in [0, 0.05) is 6.54 Å². The van der Waals surface area contributed by atoms with Crippen LogP contribution in [-0.4, -0.2) is 47.7 Å². The zero-order valence-corrected chi connectivity index (χ0v) is 8.10. The number of carboxylic acid groups (broad SMARTS) is 1. The molecule has 16 heavy (non-hydrogen) atoms. The first-order valence-corrected chi connectivity index (χ1v) is 4.53. The van der Waals surface area contributed by atoms with Gasteiger partial charge in [-0.2, -0.15) is 22.0 Å². The van der Waals surface area contributed by atoms with Crippen LogP contribution >= 0.6 is 0 Å². The fourth-order valence-corrected chi connectivity index (χ4v) is 1.55. The second-order valence-electron chi connectivity index (χ2n) is 3.76. The van der Waals surface area contributed by atoms with Crippen molar-refractivity contribution in [1.82, 2.24) is 4.90 Å². The van der Waals surface area contributed by atoms with Gasteiger partial charge in [0.25, 0.3) is 0 Å². The second kappa shape index (κ2) is 4.15. The van der Waals surface area contributed by atoms with Crippen molar-refractivity contribution in [3.8, 4) is 0 Å². The summed E-state index contributed by atoms with van der Waals surface area (Å²) < 4.78 is 60.7. The third-order valence-corrected chi connectivity index (χ3v) is 2.46. The molecule has 94 valence electrons. The Labute approximate surface area is 87.8 Å². The molecule has 0 aliphatic carbocycles. The van der Waals surface area contributed by atoms with E-state index in [4.69, 9.17) is 5.11 Å². The highest BCUT2D eigenvalue weighted by Gasteiger charge is 2.58. The number of nitrogens with zero attached hydrogens (tertiary/aromatic N) is 1. The van der Waals surface area contributed by atoms with Crippen molar-refractivity contribution in [3.05, 3.63) is 0 Å². The molecule has 1 N–H and O–H groups in total. The lowest BCUT2D eigenvalue weighted by Crippen LogP contribution is -2.46. The summed E-state index contributed by atoms with van der Waals surface area (Å²) in [5, 5.41) is 8.55. The van der Waals surface area contributed by atoms with Crippen LogP contribution in [0.25, 0.3) is 0 Å². The van der Waals surface area contributed by atoms with Crippen molar-refractivity contribution in [2.45, 2.75) is 18.5 Å². The molecule has 1 heterocycles. The lowest BCUT2D eigenvalue weighted by Gasteiger charge is -2.24. The van der Waals surface area contributed by atoms with E-state index >= 15 is 0 Å². The average Bonchev–Trinajstić information content (AvgIpc) is 2.49. The van der Waals surface area contributed by atoms with Crippen molar-refractivity contribution in [1.29, 1.82) is 0 Å². The zero-order valence-electron chi connectivity index (χ0n) is 8.10. The first kappa shape index (κ1) is 13.1. The molecule has 1 saturated heterocycles. The average molecular weight is 247 g/mol. The van der Waals surface area contributed by atoms with Crippen LogP contribution in [0.5, 0.6) is 0 Å². The Morgan fingerprint density at radius 3 is 2.25 bits per heavy atom. The predicted molar refractivity (Wildman–Crippen MR) is 43.2 cm³/mol. The smallest absolute Gasteiger partial charge is 0.454 e. The zero-order chi connectivity index (χ0) is 12.6. The van der Waals surface area contributed by atoms with E-state index in [9.17, 15) is 26.7 Å². The van der Waals surface area contributed by atoms with Crippen LogP contribution in [-0.2, 0) is 4.79 Å². The van der Waals surface area contributed by atoms with E-state index < -0.39 is 30.5 Å². The van der Waals surface area contributed by atoms with Crippen molar-refractivity contribution >= 4 is 5.97 Å². The van der Waals surface area contributed by atoms with Crippen LogP contribution in [0, 0.1) is 5.92 Å². The Morgan fingerprint density at radius 2 is 1.88 bits per heavy atom. The fourth-order valence-electron chi connectivity index (χ4n) is 1.55. The summed E-state index contributed by atoms with van der Waals surface area (Å²) in [6.07, 6.45) is -5.49. The Bertz CT molecular complexity index is 278. The van der Waals surface area contributed by atoms with Gasteiger partial charge in [-0.25, -0.2) is 0 Å². The SMILES string of the molecule is O=C(O)C1CCN(CC(F)(F)C(F)(F)F)C1. The third-order valence-electron chi connectivity index (χ3n) is 2.46. The minimum atomic E-state index is -5.59. The quantitative estimate of drug-likeness (QED) is 0.770. The van der Waals surface area contributed by atoms with Crippen LogP contribution in [0.3, 0.4) is 0 Å². The minimum Gasteiger partial charge on any atom is -0.481 e. The number of rotatable bonds is 3. The summed E-state index contributed by atoms with van der Waals surface area (Å²) in [7, 11) is 0. The fraction of sp³-hybridized carbons (Fsp3) is 0.875. The van der Waals surface area contributed by atoms with Crippen LogP contribution in [0.15, 0.2) is 0 Å². The Hall–Kier alpha value is -0.920. The van der Waals surface area contributed by atoms with Crippen molar-refractivity contribution in [2.24, 2.45) is 5.92 Å². The van der Waals surface area contributed by atoms with E-state index in [1.807, 2.05) is 0 Å². The number of hydrogen-bond donors (Lipinski definition) is 1. The topological polar surface area (TPSA) is 40.5 Å². The molecular formula is C8H10F5NO2. The lowest BCUT2D eigenvalue weighted by atomic mass is 10.1. The van der Waals surface area contributed by atoms with Gasteiger partial charge in [-0.3, -0.25) is 9.69 Å². The van der Waals surface area contributed by atoms with Crippen molar-refractivity contribution in [3.63, 3.8) is 0 Å². The molecular weight excluding hydrogens is 237 g/mol. The normalized spacial score (nSPS) is 23.7. The molecule has 0 spiro atoms. The number of carbonyl (C=O) groups is 1. The molecule has 1 unspecified atom stereocenters. The van der Waals surface area contributed by atoms with E-state index in [-0.39, 0.29) is 19.5 Å². The number of aliphatic carboxylic acids is 1. The van der Waals surface area contributed by atoms with Gasteiger partial charge in [-0.15, -0.1) is 0 Å². The van der Waals surface area contributed by atoms with E-state index in [1.54, 1.807) is 0 Å².